The molecule has 5 heteroatoms. The lowest BCUT2D eigenvalue weighted by Gasteiger charge is -2.11. The van der Waals surface area contributed by atoms with Gasteiger partial charge in [-0.15, -0.1) is 11.6 Å². The summed E-state index contributed by atoms with van der Waals surface area (Å²) in [7, 11) is 0. The summed E-state index contributed by atoms with van der Waals surface area (Å²) in [6.07, 6.45) is 0.962. The zero-order chi connectivity index (χ0) is 13.8. The second-order valence-corrected chi connectivity index (χ2v) is 5.43. The topological polar surface area (TPSA) is 27.1 Å². The van der Waals surface area contributed by atoms with Crippen molar-refractivity contribution in [1.82, 2.24) is 9.55 Å². The smallest absolute Gasteiger partial charge is 0.111 e. The Morgan fingerprint density at radius 1 is 1.37 bits per heavy atom. The summed E-state index contributed by atoms with van der Waals surface area (Å²) >= 11 is 12.0. The maximum atomic E-state index is 6.19. The summed E-state index contributed by atoms with van der Waals surface area (Å²) in [5.74, 6) is 1.51. The molecule has 19 heavy (non-hydrogen) atoms. The van der Waals surface area contributed by atoms with E-state index in [2.05, 4.69) is 9.55 Å². The van der Waals surface area contributed by atoms with Crippen LogP contribution in [0.1, 0.15) is 19.7 Å². The van der Waals surface area contributed by atoms with Crippen molar-refractivity contribution in [3.8, 4) is 0 Å². The first-order chi connectivity index (χ1) is 9.13. The van der Waals surface area contributed by atoms with Crippen molar-refractivity contribution < 1.29 is 4.74 Å². The highest BCUT2D eigenvalue weighted by atomic mass is 35.5. The average molecular weight is 301 g/mol. The first-order valence-corrected chi connectivity index (χ1v) is 7.36. The molecule has 0 saturated carbocycles. The van der Waals surface area contributed by atoms with Crippen LogP contribution < -0.4 is 0 Å². The maximum Gasteiger partial charge on any atom is 0.111 e. The predicted molar refractivity (Wildman–Crippen MR) is 80.3 cm³/mol. The zero-order valence-electron chi connectivity index (χ0n) is 11.2. The lowest BCUT2D eigenvalue weighted by molar-refractivity contribution is 0.0729. The molecule has 0 aliphatic carbocycles. The second kappa shape index (κ2) is 6.60. The van der Waals surface area contributed by atoms with Crippen LogP contribution in [0.15, 0.2) is 18.2 Å². The van der Waals surface area contributed by atoms with E-state index in [9.17, 15) is 0 Å². The third-order valence-corrected chi connectivity index (χ3v) is 3.39. The summed E-state index contributed by atoms with van der Waals surface area (Å²) in [6, 6.07) is 5.83. The van der Waals surface area contributed by atoms with Crippen LogP contribution in [0.3, 0.4) is 0 Å². The molecular weight excluding hydrogens is 283 g/mol. The van der Waals surface area contributed by atoms with Gasteiger partial charge in [0, 0.05) is 18.8 Å². The van der Waals surface area contributed by atoms with Crippen molar-refractivity contribution >= 4 is 34.2 Å². The van der Waals surface area contributed by atoms with Crippen LogP contribution in [0, 0.1) is 0 Å². The molecule has 0 aliphatic rings. The lowest BCUT2D eigenvalue weighted by atomic mass is 10.3. The van der Waals surface area contributed by atoms with Gasteiger partial charge < -0.3 is 9.30 Å². The zero-order valence-corrected chi connectivity index (χ0v) is 12.7. The van der Waals surface area contributed by atoms with Gasteiger partial charge in [0.2, 0.25) is 0 Å². The third-order valence-electron chi connectivity index (χ3n) is 2.89. The Kier molecular flexibility index (Phi) is 5.08. The number of imidazole rings is 1. The molecule has 104 valence electrons. The Morgan fingerprint density at radius 2 is 2.16 bits per heavy atom. The first-order valence-electron chi connectivity index (χ1n) is 6.44. The Bertz CT molecular complexity index is 552. The maximum absolute atomic E-state index is 6.19. The number of halogens is 2. The van der Waals surface area contributed by atoms with Gasteiger partial charge in [-0.05, 0) is 26.0 Å². The van der Waals surface area contributed by atoms with Crippen molar-refractivity contribution in [3.05, 3.63) is 29.0 Å². The molecule has 1 aromatic carbocycles. The van der Waals surface area contributed by atoms with E-state index in [1.54, 1.807) is 0 Å². The number of nitrogens with zero attached hydrogens (tertiary/aromatic N) is 2. The van der Waals surface area contributed by atoms with Crippen molar-refractivity contribution in [2.45, 2.75) is 32.9 Å². The van der Waals surface area contributed by atoms with Gasteiger partial charge >= 0.3 is 0 Å². The van der Waals surface area contributed by atoms with Crippen molar-refractivity contribution in [3.63, 3.8) is 0 Å². The molecule has 0 fully saturated rings. The molecule has 2 rings (SSSR count). The fraction of sp³-hybridized carbons (Fsp3) is 0.500. The fourth-order valence-corrected chi connectivity index (χ4v) is 2.45. The Labute approximate surface area is 123 Å². The van der Waals surface area contributed by atoms with E-state index in [0.29, 0.717) is 17.5 Å². The SMILES string of the molecule is CC(C)OCCn1c(CCCl)nc2c(Cl)cccc21. The molecule has 1 aromatic heterocycles. The van der Waals surface area contributed by atoms with Gasteiger partial charge in [0.25, 0.3) is 0 Å². The molecule has 3 nitrogen and oxygen atoms in total. The third kappa shape index (κ3) is 3.41. The Balaban J connectivity index is 2.32. The number of aromatic nitrogens is 2. The van der Waals surface area contributed by atoms with Crippen molar-refractivity contribution in [1.29, 1.82) is 0 Å². The predicted octanol–water partition coefficient (Wildman–Crippen LogP) is 3.90. The van der Waals surface area contributed by atoms with E-state index in [1.807, 2.05) is 32.0 Å². The number of benzene rings is 1. The largest absolute Gasteiger partial charge is 0.377 e. The number of para-hydroxylation sites is 1. The van der Waals surface area contributed by atoms with Gasteiger partial charge in [-0.1, -0.05) is 17.7 Å². The molecule has 0 spiro atoms. The van der Waals surface area contributed by atoms with E-state index in [1.165, 1.54) is 0 Å². The molecule has 1 heterocycles. The van der Waals surface area contributed by atoms with E-state index < -0.39 is 0 Å². The molecule has 0 aliphatic heterocycles. The normalized spacial score (nSPS) is 11.6. The van der Waals surface area contributed by atoms with E-state index in [4.69, 9.17) is 27.9 Å². The summed E-state index contributed by atoms with van der Waals surface area (Å²) in [4.78, 5) is 4.59. The summed E-state index contributed by atoms with van der Waals surface area (Å²) < 4.78 is 7.76. The first kappa shape index (κ1) is 14.6. The van der Waals surface area contributed by atoms with Crippen LogP contribution in [-0.2, 0) is 17.7 Å². The van der Waals surface area contributed by atoms with Gasteiger partial charge in [-0.2, -0.15) is 0 Å². The van der Waals surface area contributed by atoms with Crippen LogP contribution in [-0.4, -0.2) is 28.1 Å². The molecule has 0 saturated heterocycles. The summed E-state index contributed by atoms with van der Waals surface area (Å²) in [5.41, 5.74) is 1.88. The highest BCUT2D eigenvalue weighted by molar-refractivity contribution is 6.34. The van der Waals surface area contributed by atoms with E-state index >= 15 is 0 Å². The molecule has 0 amide bonds. The lowest BCUT2D eigenvalue weighted by Crippen LogP contribution is -2.13. The van der Waals surface area contributed by atoms with E-state index in [-0.39, 0.29) is 6.10 Å². The van der Waals surface area contributed by atoms with Gasteiger partial charge in [0.05, 0.1) is 23.3 Å². The highest BCUT2D eigenvalue weighted by Crippen LogP contribution is 2.24. The minimum atomic E-state index is 0.231. The van der Waals surface area contributed by atoms with E-state index in [0.717, 1.165) is 29.8 Å². The monoisotopic (exact) mass is 300 g/mol. The van der Waals surface area contributed by atoms with Crippen LogP contribution in [0.4, 0.5) is 0 Å². The van der Waals surface area contributed by atoms with Crippen LogP contribution >= 0.6 is 23.2 Å². The molecule has 0 N–H and O–H groups in total. The van der Waals surface area contributed by atoms with Gasteiger partial charge in [0.1, 0.15) is 11.3 Å². The van der Waals surface area contributed by atoms with Crippen LogP contribution in [0.2, 0.25) is 5.02 Å². The molecule has 0 radical (unpaired) electrons. The van der Waals surface area contributed by atoms with Gasteiger partial charge in [-0.25, -0.2) is 4.98 Å². The standard InChI is InChI=1S/C14H18Cl2N2O/c1-10(2)19-9-8-18-12-5-3-4-11(16)14(12)17-13(18)6-7-15/h3-5,10H,6-9H2,1-2H3. The van der Waals surface area contributed by atoms with Crippen molar-refractivity contribution in [2.24, 2.45) is 0 Å². The minimum absolute atomic E-state index is 0.231. The summed E-state index contributed by atoms with van der Waals surface area (Å²) in [6.45, 7) is 5.48. The second-order valence-electron chi connectivity index (χ2n) is 4.65. The molecule has 2 aromatic rings. The quantitative estimate of drug-likeness (QED) is 0.757. The molecular formula is C14H18Cl2N2O. The molecule has 0 unspecified atom stereocenters. The average Bonchev–Trinajstić information content (AvgIpc) is 2.70. The number of alkyl halides is 1. The van der Waals surface area contributed by atoms with Crippen molar-refractivity contribution in [2.75, 3.05) is 12.5 Å². The fourth-order valence-electron chi connectivity index (χ4n) is 2.07. The van der Waals surface area contributed by atoms with Crippen LogP contribution in [0.25, 0.3) is 11.0 Å². The van der Waals surface area contributed by atoms with Crippen LogP contribution in [0.5, 0.6) is 0 Å². The number of fused-ring (bicyclic) bond motifs is 1. The Morgan fingerprint density at radius 3 is 2.84 bits per heavy atom. The minimum Gasteiger partial charge on any atom is -0.377 e. The number of ether oxygens (including phenoxy) is 1. The number of aryl methyl sites for hydroxylation is 1. The number of rotatable bonds is 6. The number of hydrogen-bond acceptors (Lipinski definition) is 2. The Hall–Kier alpha value is -0.770. The molecule has 0 atom stereocenters. The van der Waals surface area contributed by atoms with Gasteiger partial charge in [0.15, 0.2) is 0 Å². The summed E-state index contributed by atoms with van der Waals surface area (Å²) in [5, 5.41) is 0.678. The number of hydrogen-bond donors (Lipinski definition) is 0. The van der Waals surface area contributed by atoms with Gasteiger partial charge in [-0.3, -0.25) is 0 Å². The highest BCUT2D eigenvalue weighted by Gasteiger charge is 2.12. The molecule has 0 bridgehead atoms.